The lowest BCUT2D eigenvalue weighted by Gasteiger charge is -2.06. The Morgan fingerprint density at radius 1 is 1.38 bits per heavy atom. The van der Waals surface area contributed by atoms with E-state index in [-0.39, 0.29) is 12.2 Å². The van der Waals surface area contributed by atoms with Crippen LogP contribution in [0.25, 0.3) is 5.69 Å². The number of ether oxygens (including phenoxy) is 1. The summed E-state index contributed by atoms with van der Waals surface area (Å²) in [5, 5.41) is 16.2. The molecule has 0 atom stereocenters. The fraction of sp³-hybridized carbons (Fsp3) is 0.133. The maximum atomic E-state index is 11.5. The molecule has 0 radical (unpaired) electrons. The second-order valence-corrected chi connectivity index (χ2v) is 6.68. The molecule has 1 N–H and O–H groups in total. The van der Waals surface area contributed by atoms with Gasteiger partial charge in [0.1, 0.15) is 15.3 Å². The number of aromatic nitrogens is 2. The molecule has 124 valence electrons. The summed E-state index contributed by atoms with van der Waals surface area (Å²) in [7, 11) is 0. The van der Waals surface area contributed by atoms with E-state index >= 15 is 0 Å². The van der Waals surface area contributed by atoms with Crippen LogP contribution in [-0.4, -0.2) is 22.4 Å². The Morgan fingerprint density at radius 3 is 2.54 bits per heavy atom. The van der Waals surface area contributed by atoms with Crippen molar-refractivity contribution in [3.8, 4) is 11.8 Å². The van der Waals surface area contributed by atoms with Crippen LogP contribution >= 0.6 is 47.8 Å². The number of hydrogen-bond donors (Lipinski definition) is 1. The maximum Gasteiger partial charge on any atom is 0.350 e. The van der Waals surface area contributed by atoms with Gasteiger partial charge in [-0.1, -0.05) is 0 Å². The van der Waals surface area contributed by atoms with Gasteiger partial charge in [0, 0.05) is 11.9 Å². The Morgan fingerprint density at radius 2 is 2.04 bits per heavy atom. The highest BCUT2D eigenvalue weighted by Crippen LogP contribution is 2.32. The van der Waals surface area contributed by atoms with Crippen LogP contribution in [-0.2, 0) is 9.53 Å². The van der Waals surface area contributed by atoms with Crippen molar-refractivity contribution in [1.82, 2.24) is 9.78 Å². The minimum absolute atomic E-state index is 0.0939. The van der Waals surface area contributed by atoms with Gasteiger partial charge in [0.2, 0.25) is 0 Å². The molecule has 0 spiro atoms. The van der Waals surface area contributed by atoms with E-state index in [9.17, 15) is 4.79 Å². The zero-order chi connectivity index (χ0) is 17.7. The van der Waals surface area contributed by atoms with Gasteiger partial charge in [-0.3, -0.25) is 0 Å². The normalized spacial score (nSPS) is 11.0. The van der Waals surface area contributed by atoms with Gasteiger partial charge < -0.3 is 10.1 Å². The minimum Gasteiger partial charge on any atom is -0.462 e. The Labute approximate surface area is 163 Å². The van der Waals surface area contributed by atoms with Gasteiger partial charge in [-0.15, -0.1) is 0 Å². The van der Waals surface area contributed by atoms with Crippen molar-refractivity contribution in [2.45, 2.75) is 6.92 Å². The topological polar surface area (TPSA) is 79.9 Å². The third-order valence-electron chi connectivity index (χ3n) is 2.85. The standard InChI is InChI=1S/C15H11Br3N4O2/c1-2-24-15(23)9(7-19)8-20-10-3-5-11(6-4-10)22-14(18)12(16)13(17)21-22/h3-6,8,20H,2H2,1H3/b9-8-. The van der Waals surface area contributed by atoms with Crippen LogP contribution in [0.3, 0.4) is 0 Å². The first kappa shape index (κ1) is 18.7. The highest BCUT2D eigenvalue weighted by molar-refractivity contribution is 9.14. The summed E-state index contributed by atoms with van der Waals surface area (Å²) in [6.45, 7) is 1.90. The smallest absolute Gasteiger partial charge is 0.350 e. The van der Waals surface area contributed by atoms with Gasteiger partial charge in [-0.05, 0) is 79.0 Å². The molecule has 0 saturated heterocycles. The van der Waals surface area contributed by atoms with E-state index < -0.39 is 5.97 Å². The van der Waals surface area contributed by atoms with E-state index in [1.54, 1.807) is 17.7 Å². The summed E-state index contributed by atoms with van der Waals surface area (Å²) >= 11 is 10.2. The number of nitrogens with one attached hydrogen (secondary N) is 1. The Bertz CT molecular complexity index is 822. The van der Waals surface area contributed by atoms with Crippen LogP contribution in [0.2, 0.25) is 0 Å². The van der Waals surface area contributed by atoms with E-state index in [2.05, 4.69) is 58.2 Å². The van der Waals surface area contributed by atoms with Crippen LogP contribution < -0.4 is 5.32 Å². The first-order chi connectivity index (χ1) is 11.5. The SMILES string of the molecule is CCOC(=O)/C(C#N)=C\Nc1ccc(-n2nc(Br)c(Br)c2Br)cc1. The van der Waals surface area contributed by atoms with Crippen molar-refractivity contribution in [1.29, 1.82) is 5.26 Å². The van der Waals surface area contributed by atoms with Gasteiger partial charge in [0.25, 0.3) is 0 Å². The summed E-state index contributed by atoms with van der Waals surface area (Å²) in [6, 6.07) is 9.12. The Hall–Kier alpha value is -1.63. The molecule has 0 saturated carbocycles. The Balaban J connectivity index is 2.16. The molecule has 1 heterocycles. The molecule has 0 fully saturated rings. The molecule has 0 amide bonds. The number of esters is 1. The lowest BCUT2D eigenvalue weighted by molar-refractivity contribution is -0.138. The second kappa shape index (κ2) is 8.46. The zero-order valence-electron chi connectivity index (χ0n) is 12.4. The fourth-order valence-electron chi connectivity index (χ4n) is 1.72. The van der Waals surface area contributed by atoms with E-state index in [4.69, 9.17) is 10.00 Å². The number of carbonyl (C=O) groups excluding carboxylic acids is 1. The number of halogens is 3. The summed E-state index contributed by atoms with van der Waals surface area (Å²) in [5.41, 5.74) is 1.47. The fourth-order valence-corrected chi connectivity index (χ4v) is 3.06. The number of anilines is 1. The Kier molecular flexibility index (Phi) is 6.60. The van der Waals surface area contributed by atoms with Crippen LogP contribution in [0.1, 0.15) is 6.92 Å². The average molecular weight is 519 g/mol. The monoisotopic (exact) mass is 516 g/mol. The first-order valence-corrected chi connectivity index (χ1v) is 9.09. The third kappa shape index (κ3) is 4.26. The van der Waals surface area contributed by atoms with E-state index in [1.165, 1.54) is 6.20 Å². The van der Waals surface area contributed by atoms with Crippen molar-refractivity contribution < 1.29 is 9.53 Å². The number of hydrogen-bond acceptors (Lipinski definition) is 5. The molecule has 0 aliphatic carbocycles. The maximum absolute atomic E-state index is 11.5. The zero-order valence-corrected chi connectivity index (χ0v) is 17.1. The van der Waals surface area contributed by atoms with Crippen molar-refractivity contribution in [2.75, 3.05) is 11.9 Å². The van der Waals surface area contributed by atoms with E-state index in [1.807, 2.05) is 24.3 Å². The predicted octanol–water partition coefficient (Wildman–Crippen LogP) is 4.54. The lowest BCUT2D eigenvalue weighted by Crippen LogP contribution is -2.07. The number of carbonyl (C=O) groups is 1. The molecule has 2 rings (SSSR count). The van der Waals surface area contributed by atoms with Gasteiger partial charge in [-0.25, -0.2) is 9.48 Å². The molecule has 0 bridgehead atoms. The van der Waals surface area contributed by atoms with Crippen LogP contribution in [0.4, 0.5) is 5.69 Å². The molecule has 1 aromatic carbocycles. The molecule has 24 heavy (non-hydrogen) atoms. The van der Waals surface area contributed by atoms with Gasteiger partial charge in [0.05, 0.1) is 16.8 Å². The van der Waals surface area contributed by atoms with Crippen molar-refractivity contribution in [3.63, 3.8) is 0 Å². The summed E-state index contributed by atoms with van der Waals surface area (Å²) in [6.07, 6.45) is 1.32. The van der Waals surface area contributed by atoms with Gasteiger partial charge in [-0.2, -0.15) is 10.4 Å². The molecule has 0 aliphatic heterocycles. The highest BCUT2D eigenvalue weighted by Gasteiger charge is 2.13. The molecule has 2 aromatic rings. The minimum atomic E-state index is -0.653. The summed E-state index contributed by atoms with van der Waals surface area (Å²) in [5.74, 6) is -0.653. The third-order valence-corrected chi connectivity index (χ3v) is 5.95. The molecule has 9 heteroatoms. The number of nitriles is 1. The van der Waals surface area contributed by atoms with Crippen molar-refractivity contribution in [2.24, 2.45) is 0 Å². The highest BCUT2D eigenvalue weighted by atomic mass is 79.9. The van der Waals surface area contributed by atoms with Crippen LogP contribution in [0, 0.1) is 11.3 Å². The molecule has 0 aliphatic rings. The van der Waals surface area contributed by atoms with Crippen molar-refractivity contribution >= 4 is 59.4 Å². The van der Waals surface area contributed by atoms with Gasteiger partial charge >= 0.3 is 5.97 Å². The predicted molar refractivity (Wildman–Crippen MR) is 101 cm³/mol. The first-order valence-electron chi connectivity index (χ1n) is 6.71. The lowest BCUT2D eigenvalue weighted by atomic mass is 10.2. The summed E-state index contributed by atoms with van der Waals surface area (Å²) < 4.78 is 8.80. The molecular weight excluding hydrogens is 508 g/mol. The second-order valence-electron chi connectivity index (χ2n) is 4.39. The van der Waals surface area contributed by atoms with Crippen LogP contribution in [0.15, 0.2) is 49.7 Å². The van der Waals surface area contributed by atoms with E-state index in [0.29, 0.717) is 4.60 Å². The summed E-state index contributed by atoms with van der Waals surface area (Å²) in [4.78, 5) is 11.5. The molecule has 1 aromatic heterocycles. The van der Waals surface area contributed by atoms with Crippen LogP contribution in [0.5, 0.6) is 0 Å². The molecule has 0 unspecified atom stereocenters. The number of rotatable bonds is 5. The number of nitrogens with zero attached hydrogens (tertiary/aromatic N) is 3. The van der Waals surface area contributed by atoms with E-state index in [0.717, 1.165) is 20.5 Å². The average Bonchev–Trinajstić information content (AvgIpc) is 2.84. The number of benzene rings is 1. The quantitative estimate of drug-likeness (QED) is 0.357. The van der Waals surface area contributed by atoms with Crippen molar-refractivity contribution in [3.05, 3.63) is 49.7 Å². The molecule has 6 nitrogen and oxygen atoms in total. The largest absolute Gasteiger partial charge is 0.462 e. The molecular formula is C15H11Br3N4O2. The van der Waals surface area contributed by atoms with Gasteiger partial charge in [0.15, 0.2) is 5.57 Å².